The molecule has 32 heteroatoms. The molecule has 2 fully saturated rings. The van der Waals surface area contributed by atoms with E-state index in [1.165, 1.54) is 62.4 Å². The number of aliphatic hydroxyl groups is 1. The van der Waals surface area contributed by atoms with Gasteiger partial charge in [0, 0.05) is 38.2 Å². The first-order valence-electron chi connectivity index (χ1n) is 24.9. The lowest BCUT2D eigenvalue weighted by Gasteiger charge is -2.31. The first kappa shape index (κ1) is 65.9. The number of carbonyl (C=O) groups excluding carboxylic acids is 11. The summed E-state index contributed by atoms with van der Waals surface area (Å²) in [5, 5.41) is 60.9. The lowest BCUT2D eigenvalue weighted by Crippen LogP contribution is -2.60. The van der Waals surface area contributed by atoms with Crippen LogP contribution in [-0.2, 0) is 79.8 Å². The first-order chi connectivity index (χ1) is 38.2. The Morgan fingerprint density at radius 2 is 1.09 bits per heavy atom. The third kappa shape index (κ3) is 21.1. The van der Waals surface area contributed by atoms with Crippen LogP contribution in [-0.4, -0.2) is 177 Å². The maximum Gasteiger partial charge on any atom is 0.351 e. The number of carbonyl (C=O) groups is 12. The number of benzene rings is 2. The van der Waals surface area contributed by atoms with Crippen LogP contribution in [0.1, 0.15) is 57.6 Å². The smallest absolute Gasteiger partial charge is 0.351 e. The molecule has 0 bridgehead atoms. The predicted octanol–water partition coefficient (Wildman–Crippen LogP) is -4.35. The summed E-state index contributed by atoms with van der Waals surface area (Å²) in [5.74, 6) is -16.9. The number of rotatable bonds is 13. The van der Waals surface area contributed by atoms with Crippen LogP contribution in [0.4, 0.5) is 0 Å². The van der Waals surface area contributed by atoms with Crippen LogP contribution >= 0.6 is 37.2 Å². The highest BCUT2D eigenvalue weighted by molar-refractivity contribution is 8.01. The van der Waals surface area contributed by atoms with E-state index in [-0.39, 0.29) is 43.7 Å². The predicted molar refractivity (Wildman–Crippen MR) is 292 cm³/mol. The molecular weight excluding hydrogens is 1130 g/mol. The molecule has 29 nitrogen and oxygen atoms in total. The topological polar surface area (TPSA) is 451 Å². The Hall–Kier alpha value is -7.65. The Kier molecular flexibility index (Phi) is 25.5. The molecule has 2 heterocycles. The zero-order chi connectivity index (χ0) is 60.1. The molecule has 0 radical (unpaired) electrons. The van der Waals surface area contributed by atoms with Gasteiger partial charge in [-0.1, -0.05) is 24.3 Å². The van der Waals surface area contributed by atoms with E-state index in [0.29, 0.717) is 29.5 Å². The van der Waals surface area contributed by atoms with Crippen LogP contribution in [0.2, 0.25) is 0 Å². The molecular formula is C49H65N11O18S3. The zero-order valence-electron chi connectivity index (χ0n) is 43.9. The van der Waals surface area contributed by atoms with Crippen molar-refractivity contribution >= 4 is 108 Å². The lowest BCUT2D eigenvalue weighted by atomic mass is 10.0. The largest absolute Gasteiger partial charge is 0.508 e. The fraction of sp³-hybridized carbons (Fsp3) is 0.469. The number of thiol groups is 2. The molecule has 2 saturated heterocycles. The molecule has 0 saturated carbocycles. The molecule has 2 aliphatic heterocycles. The van der Waals surface area contributed by atoms with Gasteiger partial charge in [0.25, 0.3) is 5.79 Å². The number of cyclic esters (lactones) is 2. The summed E-state index contributed by atoms with van der Waals surface area (Å²) in [7, 11) is 0. The van der Waals surface area contributed by atoms with Crippen molar-refractivity contribution in [3.63, 3.8) is 0 Å². The van der Waals surface area contributed by atoms with Gasteiger partial charge in [0.1, 0.15) is 58.8 Å². The van der Waals surface area contributed by atoms with Crippen LogP contribution in [0.25, 0.3) is 0 Å². The van der Waals surface area contributed by atoms with Gasteiger partial charge < -0.3 is 83.5 Å². The Balaban J connectivity index is 1.78. The molecule has 4 rings (SSSR count). The summed E-state index contributed by atoms with van der Waals surface area (Å²) in [6.45, 7) is 2.12. The maximum absolute atomic E-state index is 14.2. The second-order valence-corrected chi connectivity index (χ2v) is 20.3. The molecule has 4 unspecified atom stereocenters. The Morgan fingerprint density at radius 3 is 1.58 bits per heavy atom. The SMILES string of the molecule is C[C@@H](O)[C@@H]1NC(=O)CNSC(=C2C(=O)OC(C)(C)OC2=O)NC(=O)[C@H](CCCCN)NC(=O)C(CS)NC(=O)C(CC(=O)O)NC(=O)[C@H](CS)NC(=O)C(Cc2ccc(O)cc2)NC(=O)CNC(=O)C(Cc2ccc(O)cc2)NC1=O. The summed E-state index contributed by atoms with van der Waals surface area (Å²) in [6, 6.07) is -0.840. The monoisotopic (exact) mass is 1190 g/mol. The van der Waals surface area contributed by atoms with Crippen LogP contribution in [0.15, 0.2) is 59.1 Å². The van der Waals surface area contributed by atoms with Crippen molar-refractivity contribution in [2.24, 2.45) is 5.73 Å². The number of nitrogens with two attached hydrogens (primary N) is 1. The Labute approximate surface area is 478 Å². The van der Waals surface area contributed by atoms with Gasteiger partial charge >= 0.3 is 17.9 Å². The number of esters is 2. The molecule has 16 N–H and O–H groups in total. The van der Waals surface area contributed by atoms with Crippen molar-refractivity contribution in [2.45, 2.75) is 113 Å². The molecule has 2 aliphatic rings. The standard InChI is InChI=1S/C49H65N11O18S3/c1-23(61)38-45(74)56-29(16-24-7-11-26(62)12-8-24)39(68)51-19-34(64)53-30(17-25-9-13-27(63)14-10-25)41(70)57-33(22-80)44(73)55-31(18-36(66)67)42(71)58-32(21-79)43(72)54-28(6-4-5-15-50)40(69)60-46(81-52-20-35(65)59-38)37-47(75)77-49(2,3)78-48(37)76/h7-14,23,28-33,38,52,61-63,79-80H,4-6,15-22,50H2,1-3H3,(H,51,68)(H,53,64)(H,54,72)(H,55,73)(H,56,74)(H,57,70)(H,58,71)(H,59,65)(H,60,69)(H,66,67)/t23-,28+,29?,30?,31?,32?,33+,38+/m1/s1. The van der Waals surface area contributed by atoms with E-state index in [1.807, 2.05) is 0 Å². The van der Waals surface area contributed by atoms with Crippen molar-refractivity contribution < 1.29 is 87.4 Å². The van der Waals surface area contributed by atoms with E-state index in [0.717, 1.165) is 6.92 Å². The highest BCUT2D eigenvalue weighted by atomic mass is 32.2. The Bertz CT molecular complexity index is 2680. The zero-order valence-corrected chi connectivity index (χ0v) is 46.5. The number of aliphatic hydroxyl groups excluding tert-OH is 1. The second-order valence-electron chi connectivity index (χ2n) is 18.7. The first-order valence-corrected chi connectivity index (χ1v) is 27.0. The minimum atomic E-state index is -1.94. The number of nitrogens with one attached hydrogen (secondary N) is 10. The van der Waals surface area contributed by atoms with Gasteiger partial charge in [-0.2, -0.15) is 25.3 Å². The average molecular weight is 1190 g/mol. The van der Waals surface area contributed by atoms with Crippen molar-refractivity contribution in [3.05, 3.63) is 70.3 Å². The number of carboxylic acids is 1. The number of phenols is 2. The van der Waals surface area contributed by atoms with Crippen LogP contribution in [0.3, 0.4) is 0 Å². The third-order valence-corrected chi connectivity index (χ3v) is 13.2. The number of amides is 9. The van der Waals surface area contributed by atoms with E-state index < -0.39 is 167 Å². The lowest BCUT2D eigenvalue weighted by molar-refractivity contribution is -0.222. The van der Waals surface area contributed by atoms with Crippen molar-refractivity contribution in [1.29, 1.82) is 0 Å². The summed E-state index contributed by atoms with van der Waals surface area (Å²) in [5.41, 5.74) is 5.56. The van der Waals surface area contributed by atoms with Gasteiger partial charge in [0.05, 0.1) is 25.6 Å². The number of hydrogen-bond acceptors (Lipinski definition) is 22. The van der Waals surface area contributed by atoms with Gasteiger partial charge in [-0.15, -0.1) is 0 Å². The highest BCUT2D eigenvalue weighted by Gasteiger charge is 2.42. The fourth-order valence-corrected chi connectivity index (χ4v) is 8.84. The number of aromatic hydroxyl groups is 2. The van der Waals surface area contributed by atoms with Crippen LogP contribution in [0, 0.1) is 0 Å². The third-order valence-electron chi connectivity index (χ3n) is 11.7. The minimum absolute atomic E-state index is 0.140. The molecule has 442 valence electrons. The normalized spacial score (nSPS) is 24.2. The van der Waals surface area contributed by atoms with E-state index in [9.17, 15) is 78.0 Å². The molecule has 2 aromatic rings. The van der Waals surface area contributed by atoms with Crippen LogP contribution in [0.5, 0.6) is 11.5 Å². The fourth-order valence-electron chi connectivity index (χ4n) is 7.55. The average Bonchev–Trinajstić information content (AvgIpc) is 3.39. The van der Waals surface area contributed by atoms with Gasteiger partial charge in [0.2, 0.25) is 53.2 Å². The van der Waals surface area contributed by atoms with E-state index in [2.05, 4.69) is 77.8 Å². The molecule has 8 atom stereocenters. The summed E-state index contributed by atoms with van der Waals surface area (Å²) >= 11 is 8.64. The van der Waals surface area contributed by atoms with E-state index >= 15 is 0 Å². The quantitative estimate of drug-likeness (QED) is 0.0225. The molecule has 9 amide bonds. The number of carboxylic acid groups (broad SMARTS) is 1. The van der Waals surface area contributed by atoms with E-state index in [1.54, 1.807) is 0 Å². The highest BCUT2D eigenvalue weighted by Crippen LogP contribution is 2.27. The molecule has 2 aromatic carbocycles. The van der Waals surface area contributed by atoms with E-state index in [4.69, 9.17) is 15.2 Å². The van der Waals surface area contributed by atoms with Crippen LogP contribution < -0.4 is 58.3 Å². The van der Waals surface area contributed by atoms with Gasteiger partial charge in [-0.05, 0) is 80.1 Å². The van der Waals surface area contributed by atoms with Crippen molar-refractivity contribution in [2.75, 3.05) is 31.1 Å². The van der Waals surface area contributed by atoms with Gasteiger partial charge in [-0.3, -0.25) is 47.9 Å². The molecule has 0 aromatic heterocycles. The summed E-state index contributed by atoms with van der Waals surface area (Å²) in [6.07, 6.45) is -2.98. The molecule has 81 heavy (non-hydrogen) atoms. The molecule has 0 aliphatic carbocycles. The Morgan fingerprint density at radius 1 is 0.630 bits per heavy atom. The number of unbranched alkanes of at least 4 members (excludes halogenated alkanes) is 1. The second kappa shape index (κ2) is 31.4. The summed E-state index contributed by atoms with van der Waals surface area (Å²) < 4.78 is 13.0. The van der Waals surface area contributed by atoms with Gasteiger partial charge in [-0.25, -0.2) is 14.3 Å². The van der Waals surface area contributed by atoms with Gasteiger partial charge in [0.15, 0.2) is 5.57 Å². The maximum atomic E-state index is 14.2. The van der Waals surface area contributed by atoms with Crippen molar-refractivity contribution in [3.8, 4) is 11.5 Å². The summed E-state index contributed by atoms with van der Waals surface area (Å²) in [4.78, 5) is 163. The number of ether oxygens (including phenoxy) is 2. The number of aliphatic carboxylic acids is 1. The van der Waals surface area contributed by atoms with Crippen molar-refractivity contribution in [1.82, 2.24) is 52.6 Å². The number of hydrogen-bond donors (Lipinski definition) is 17. The number of phenolic OH excluding ortho intramolecular Hbond substituents is 2. The molecule has 0 spiro atoms. The minimum Gasteiger partial charge on any atom is -0.508 e.